The number of para-hydroxylation sites is 2. The first kappa shape index (κ1) is 29.4. The summed E-state index contributed by atoms with van der Waals surface area (Å²) in [5, 5.41) is 6.22. The summed E-state index contributed by atoms with van der Waals surface area (Å²) in [5.41, 5.74) is 18.0. The van der Waals surface area contributed by atoms with Crippen molar-refractivity contribution in [3.05, 3.63) is 188 Å². The van der Waals surface area contributed by atoms with Crippen molar-refractivity contribution in [1.29, 1.82) is 0 Å². The zero-order valence-electron chi connectivity index (χ0n) is 29.2. The molecule has 0 saturated carbocycles. The Kier molecular flexibility index (Phi) is 6.05. The Hall–Kier alpha value is -7.23. The van der Waals surface area contributed by atoms with Gasteiger partial charge >= 0.3 is 0 Å². The average molecular weight is 686 g/mol. The molecule has 0 bridgehead atoms. The van der Waals surface area contributed by atoms with Crippen LogP contribution in [0.25, 0.3) is 110 Å². The van der Waals surface area contributed by atoms with Crippen molar-refractivity contribution in [2.45, 2.75) is 0 Å². The normalized spacial score (nSPS) is 12.1. The molecule has 0 amide bonds. The molecule has 3 heterocycles. The first-order chi connectivity index (χ1) is 26.8. The SMILES string of the molecule is c1ccc(-c2cccc(-n3c4ccccc4c4cc(-c5ccc6c(c5)c5ccccc5n6-c5cc6c7c(ccnc7c5)-c5ccccc5-6)ccc43)c2)cc1. The van der Waals surface area contributed by atoms with Gasteiger partial charge in [-0.2, -0.15) is 0 Å². The maximum Gasteiger partial charge on any atom is 0.0735 e. The highest BCUT2D eigenvalue weighted by molar-refractivity contribution is 6.16. The number of nitrogens with zero attached hydrogens (tertiary/aromatic N) is 3. The molecule has 1 aliphatic carbocycles. The Morgan fingerprint density at radius 2 is 0.870 bits per heavy atom. The standard InChI is InChI=1S/C51H31N3/c1-2-11-32(12-3-1)33-13-10-14-36(27-33)53-47-19-8-6-17-40(47)43-28-34(21-23-49(43)53)35-22-24-50-44(29-35)41-18-7-9-20-48(41)54(50)37-30-45-39-16-5-4-15-38(39)42-25-26-52-46(31-37)51(42)45/h1-31H. The van der Waals surface area contributed by atoms with Crippen LogP contribution in [0, 0.1) is 0 Å². The Bertz CT molecular complexity index is 3330. The van der Waals surface area contributed by atoms with Crippen molar-refractivity contribution >= 4 is 54.5 Å². The molecule has 0 spiro atoms. The third-order valence-electron chi connectivity index (χ3n) is 11.5. The molecule has 3 nitrogen and oxygen atoms in total. The highest BCUT2D eigenvalue weighted by Gasteiger charge is 2.24. The van der Waals surface area contributed by atoms with Crippen LogP contribution in [0.4, 0.5) is 0 Å². The van der Waals surface area contributed by atoms with E-state index < -0.39 is 0 Å². The number of hydrogen-bond acceptors (Lipinski definition) is 1. The van der Waals surface area contributed by atoms with Gasteiger partial charge in [0.1, 0.15) is 0 Å². The third-order valence-corrected chi connectivity index (χ3v) is 11.5. The average Bonchev–Trinajstić information content (AvgIpc) is 3.87. The fraction of sp³-hybridized carbons (Fsp3) is 0. The Morgan fingerprint density at radius 1 is 0.315 bits per heavy atom. The van der Waals surface area contributed by atoms with Crippen LogP contribution >= 0.6 is 0 Å². The summed E-state index contributed by atoms with van der Waals surface area (Å²) in [5.74, 6) is 0. The van der Waals surface area contributed by atoms with Crippen LogP contribution in [0.2, 0.25) is 0 Å². The van der Waals surface area contributed by atoms with E-state index in [9.17, 15) is 0 Å². The largest absolute Gasteiger partial charge is 0.309 e. The van der Waals surface area contributed by atoms with Gasteiger partial charge in [-0.15, -0.1) is 0 Å². The summed E-state index contributed by atoms with van der Waals surface area (Å²) in [4.78, 5) is 4.88. The summed E-state index contributed by atoms with van der Waals surface area (Å²) in [6, 6.07) is 66.5. The zero-order chi connectivity index (χ0) is 35.3. The molecule has 0 unspecified atom stereocenters. The maximum absolute atomic E-state index is 4.88. The molecule has 0 saturated heterocycles. The van der Waals surface area contributed by atoms with Crippen molar-refractivity contribution in [2.75, 3.05) is 0 Å². The molecule has 54 heavy (non-hydrogen) atoms. The van der Waals surface area contributed by atoms with E-state index in [-0.39, 0.29) is 0 Å². The van der Waals surface area contributed by atoms with Crippen molar-refractivity contribution in [1.82, 2.24) is 14.1 Å². The van der Waals surface area contributed by atoms with Crippen molar-refractivity contribution in [3.63, 3.8) is 0 Å². The lowest BCUT2D eigenvalue weighted by Crippen LogP contribution is -1.95. The fourth-order valence-electron chi connectivity index (χ4n) is 9.11. The predicted octanol–water partition coefficient (Wildman–Crippen LogP) is 13.4. The highest BCUT2D eigenvalue weighted by Crippen LogP contribution is 2.48. The summed E-state index contributed by atoms with van der Waals surface area (Å²) < 4.78 is 4.82. The second-order valence-electron chi connectivity index (χ2n) is 14.4. The van der Waals surface area contributed by atoms with Gasteiger partial charge in [-0.25, -0.2) is 0 Å². The van der Waals surface area contributed by atoms with E-state index in [0.29, 0.717) is 0 Å². The van der Waals surface area contributed by atoms with Gasteiger partial charge in [-0.3, -0.25) is 4.98 Å². The first-order valence-corrected chi connectivity index (χ1v) is 18.5. The van der Waals surface area contributed by atoms with Gasteiger partial charge < -0.3 is 9.13 Å². The van der Waals surface area contributed by atoms with Crippen LogP contribution < -0.4 is 0 Å². The van der Waals surface area contributed by atoms with Crippen LogP contribution in [0.15, 0.2) is 188 Å². The molecule has 8 aromatic carbocycles. The summed E-state index contributed by atoms with van der Waals surface area (Å²) in [7, 11) is 0. The molecule has 1 aliphatic rings. The van der Waals surface area contributed by atoms with Crippen molar-refractivity contribution in [3.8, 4) is 55.9 Å². The number of hydrogen-bond donors (Lipinski definition) is 0. The van der Waals surface area contributed by atoms with Crippen LogP contribution in [-0.2, 0) is 0 Å². The van der Waals surface area contributed by atoms with Gasteiger partial charge in [-0.05, 0) is 111 Å². The second kappa shape index (κ2) is 11.1. The van der Waals surface area contributed by atoms with Gasteiger partial charge in [0.2, 0.25) is 0 Å². The van der Waals surface area contributed by atoms with Gasteiger partial charge in [0.15, 0.2) is 0 Å². The molecule has 0 atom stereocenters. The molecule has 12 rings (SSSR count). The smallest absolute Gasteiger partial charge is 0.0735 e. The van der Waals surface area contributed by atoms with E-state index in [2.05, 4.69) is 191 Å². The van der Waals surface area contributed by atoms with E-state index in [4.69, 9.17) is 4.98 Å². The first-order valence-electron chi connectivity index (χ1n) is 18.5. The molecule has 3 heteroatoms. The predicted molar refractivity (Wildman–Crippen MR) is 226 cm³/mol. The van der Waals surface area contributed by atoms with E-state index in [1.807, 2.05) is 6.20 Å². The van der Waals surface area contributed by atoms with E-state index in [1.54, 1.807) is 0 Å². The number of pyridine rings is 1. The van der Waals surface area contributed by atoms with Crippen LogP contribution in [0.1, 0.15) is 0 Å². The van der Waals surface area contributed by atoms with Gasteiger partial charge in [0.25, 0.3) is 0 Å². The molecule has 250 valence electrons. The number of fused-ring (bicyclic) bond motifs is 9. The lowest BCUT2D eigenvalue weighted by Gasteiger charge is -2.12. The molecule has 0 N–H and O–H groups in total. The minimum absolute atomic E-state index is 1.03. The molecule has 0 fully saturated rings. The van der Waals surface area contributed by atoms with E-state index in [1.165, 1.54) is 93.5 Å². The van der Waals surface area contributed by atoms with E-state index in [0.717, 1.165) is 16.9 Å². The number of benzene rings is 8. The molecular weight excluding hydrogens is 655 g/mol. The summed E-state index contributed by atoms with van der Waals surface area (Å²) in [6.45, 7) is 0. The Balaban J connectivity index is 1.03. The zero-order valence-corrected chi connectivity index (χ0v) is 29.2. The van der Waals surface area contributed by atoms with E-state index >= 15 is 0 Å². The Labute approximate surface area is 311 Å². The Morgan fingerprint density at radius 3 is 1.57 bits per heavy atom. The monoisotopic (exact) mass is 685 g/mol. The van der Waals surface area contributed by atoms with Gasteiger partial charge in [0.05, 0.1) is 27.6 Å². The molecule has 3 aromatic heterocycles. The van der Waals surface area contributed by atoms with Crippen molar-refractivity contribution in [2.24, 2.45) is 0 Å². The molecular formula is C51H31N3. The maximum atomic E-state index is 4.88. The summed E-state index contributed by atoms with van der Waals surface area (Å²) in [6.07, 6.45) is 1.95. The molecule has 0 aliphatic heterocycles. The summed E-state index contributed by atoms with van der Waals surface area (Å²) >= 11 is 0. The lowest BCUT2D eigenvalue weighted by atomic mass is 10.0. The molecule has 11 aromatic rings. The number of aromatic nitrogens is 3. The quantitative estimate of drug-likeness (QED) is 0.181. The second-order valence-corrected chi connectivity index (χ2v) is 14.4. The van der Waals surface area contributed by atoms with Gasteiger partial charge in [-0.1, -0.05) is 115 Å². The topological polar surface area (TPSA) is 22.8 Å². The van der Waals surface area contributed by atoms with Crippen LogP contribution in [-0.4, -0.2) is 14.1 Å². The van der Waals surface area contributed by atoms with Gasteiger partial charge in [0, 0.05) is 44.5 Å². The van der Waals surface area contributed by atoms with Crippen molar-refractivity contribution < 1.29 is 0 Å². The minimum Gasteiger partial charge on any atom is -0.309 e. The van der Waals surface area contributed by atoms with Crippen LogP contribution in [0.3, 0.4) is 0 Å². The highest BCUT2D eigenvalue weighted by atomic mass is 15.0. The number of rotatable bonds is 4. The molecule has 0 radical (unpaired) electrons. The minimum atomic E-state index is 1.03. The van der Waals surface area contributed by atoms with Crippen LogP contribution in [0.5, 0.6) is 0 Å². The lowest BCUT2D eigenvalue weighted by molar-refractivity contribution is 1.18. The fourth-order valence-corrected chi connectivity index (χ4v) is 9.11. The third kappa shape index (κ3) is 4.15.